The van der Waals surface area contributed by atoms with Gasteiger partial charge < -0.3 is 28.4 Å². The van der Waals surface area contributed by atoms with Crippen LogP contribution >= 0.6 is 0 Å². The molecule has 0 saturated heterocycles. The highest BCUT2D eigenvalue weighted by Crippen LogP contribution is 2.19. The van der Waals surface area contributed by atoms with Gasteiger partial charge in [0.05, 0.1) is 37.0 Å². The van der Waals surface area contributed by atoms with Crippen LogP contribution in [0.1, 0.15) is 56.8 Å². The normalized spacial score (nSPS) is 10.2. The molecular weight excluding hydrogens is 560 g/mol. The minimum atomic E-state index is -0.868. The molecule has 43 heavy (non-hydrogen) atoms. The van der Waals surface area contributed by atoms with E-state index in [-0.39, 0.29) is 35.0 Å². The van der Waals surface area contributed by atoms with Crippen molar-refractivity contribution >= 4 is 30.0 Å². The first kappa shape index (κ1) is 32.1. The second kappa shape index (κ2) is 16.7. The van der Waals surface area contributed by atoms with Gasteiger partial charge in [0.1, 0.15) is 17.2 Å². The summed E-state index contributed by atoms with van der Waals surface area (Å²) in [7, 11) is 1.27. The smallest absolute Gasteiger partial charge is 0.465 e. The summed E-state index contributed by atoms with van der Waals surface area (Å²) in [6, 6.07) is 17.4. The second-order valence-corrected chi connectivity index (χ2v) is 8.83. The molecule has 0 N–H and O–H groups in total. The van der Waals surface area contributed by atoms with Crippen molar-refractivity contribution in [1.29, 1.82) is 0 Å². The van der Waals surface area contributed by atoms with Gasteiger partial charge in [-0.15, -0.1) is 0 Å². The van der Waals surface area contributed by atoms with E-state index in [2.05, 4.69) is 11.3 Å². The number of ether oxygens (including phenoxy) is 6. The molecule has 0 aliphatic rings. The number of hydrogen-bond acceptors (Lipinski definition) is 11. The molecule has 11 nitrogen and oxygen atoms in total. The highest BCUT2D eigenvalue weighted by molar-refractivity contribution is 5.93. The van der Waals surface area contributed by atoms with Gasteiger partial charge in [-0.3, -0.25) is 0 Å². The van der Waals surface area contributed by atoms with Gasteiger partial charge in [0, 0.05) is 6.08 Å². The predicted molar refractivity (Wildman–Crippen MR) is 152 cm³/mol. The highest BCUT2D eigenvalue weighted by atomic mass is 16.7. The first-order valence-electron chi connectivity index (χ1n) is 13.3. The molecule has 0 amide bonds. The number of carbonyl (C=O) groups excluding carboxylic acids is 5. The van der Waals surface area contributed by atoms with Crippen LogP contribution in [0.25, 0.3) is 0 Å². The Labute approximate surface area is 247 Å². The number of carbonyl (C=O) groups is 5. The third-order valence-corrected chi connectivity index (χ3v) is 5.75. The third kappa shape index (κ3) is 10.8. The number of benzene rings is 3. The largest absolute Gasteiger partial charge is 0.513 e. The zero-order valence-corrected chi connectivity index (χ0v) is 23.4. The first-order chi connectivity index (χ1) is 20.8. The van der Waals surface area contributed by atoms with E-state index in [4.69, 9.17) is 23.7 Å². The fraction of sp³-hybridized carbons (Fsp3) is 0.219. The van der Waals surface area contributed by atoms with Crippen molar-refractivity contribution in [3.8, 4) is 17.2 Å². The maximum absolute atomic E-state index is 12.5. The Morgan fingerprint density at radius 2 is 0.953 bits per heavy atom. The van der Waals surface area contributed by atoms with Crippen molar-refractivity contribution in [1.82, 2.24) is 0 Å². The monoisotopic (exact) mass is 590 g/mol. The molecule has 0 fully saturated rings. The number of hydrogen-bond donors (Lipinski definition) is 0. The fourth-order valence-corrected chi connectivity index (χ4v) is 3.50. The molecule has 0 spiro atoms. The van der Waals surface area contributed by atoms with Crippen molar-refractivity contribution < 1.29 is 52.4 Å². The standard InChI is InChI=1S/C32H30O11/c1-3-28(33)39-20-6-4-5-7-21-40-32(37)43-27-18-12-24(13-19-27)31(36)42-26-16-10-23(11-17-26)30(35)41-25-14-8-22(9-15-25)29(34)38-2/h3,8-19H,1,4-7,20-21H2,2H3. The summed E-state index contributed by atoms with van der Waals surface area (Å²) >= 11 is 0. The molecule has 0 aliphatic carbocycles. The summed E-state index contributed by atoms with van der Waals surface area (Å²) in [4.78, 5) is 59.3. The molecule has 3 aromatic carbocycles. The molecule has 0 heterocycles. The number of methoxy groups -OCH3 is 1. The van der Waals surface area contributed by atoms with Crippen LogP contribution in [0.4, 0.5) is 4.79 Å². The minimum Gasteiger partial charge on any atom is -0.465 e. The van der Waals surface area contributed by atoms with Crippen LogP contribution in [0.15, 0.2) is 85.5 Å². The molecule has 3 aromatic rings. The van der Waals surface area contributed by atoms with Gasteiger partial charge in [-0.2, -0.15) is 0 Å². The molecular formula is C32H30O11. The molecule has 224 valence electrons. The van der Waals surface area contributed by atoms with E-state index >= 15 is 0 Å². The van der Waals surface area contributed by atoms with E-state index in [0.717, 1.165) is 18.9 Å². The summed E-state index contributed by atoms with van der Waals surface area (Å²) in [5, 5.41) is 0. The van der Waals surface area contributed by atoms with Crippen LogP contribution < -0.4 is 14.2 Å². The molecule has 11 heteroatoms. The molecule has 0 aromatic heterocycles. The van der Waals surface area contributed by atoms with Crippen LogP contribution in [-0.4, -0.2) is 50.4 Å². The Balaban J connectivity index is 1.38. The summed E-state index contributed by atoms with van der Waals surface area (Å²) < 4.78 is 30.3. The van der Waals surface area contributed by atoms with Gasteiger partial charge >= 0.3 is 30.0 Å². The molecule has 0 unspecified atom stereocenters. The lowest BCUT2D eigenvalue weighted by Crippen LogP contribution is -2.12. The van der Waals surface area contributed by atoms with Gasteiger partial charge in [0.25, 0.3) is 0 Å². The quantitative estimate of drug-likeness (QED) is 0.0569. The Kier molecular flexibility index (Phi) is 12.5. The summed E-state index contributed by atoms with van der Waals surface area (Å²) in [5.41, 5.74) is 0.745. The Morgan fingerprint density at radius 1 is 0.558 bits per heavy atom. The lowest BCUT2D eigenvalue weighted by atomic mass is 10.2. The minimum absolute atomic E-state index is 0.177. The van der Waals surface area contributed by atoms with Gasteiger partial charge in [-0.05, 0) is 98.5 Å². The Hall–Kier alpha value is -5.45. The van der Waals surface area contributed by atoms with Gasteiger partial charge in [-0.1, -0.05) is 6.58 Å². The fourth-order valence-electron chi connectivity index (χ4n) is 3.50. The van der Waals surface area contributed by atoms with E-state index in [1.54, 1.807) is 0 Å². The lowest BCUT2D eigenvalue weighted by Gasteiger charge is -2.08. The van der Waals surface area contributed by atoms with E-state index in [0.29, 0.717) is 25.0 Å². The SMILES string of the molecule is C=CC(=O)OCCCCCCOC(=O)Oc1ccc(C(=O)Oc2ccc(C(=O)Oc3ccc(C(=O)OC)cc3)cc2)cc1. The Morgan fingerprint density at radius 3 is 1.37 bits per heavy atom. The molecule has 0 bridgehead atoms. The van der Waals surface area contributed by atoms with Crippen LogP contribution in [-0.2, 0) is 19.0 Å². The zero-order chi connectivity index (χ0) is 31.0. The topological polar surface area (TPSA) is 141 Å². The average molecular weight is 591 g/mol. The van der Waals surface area contributed by atoms with Crippen LogP contribution in [0.2, 0.25) is 0 Å². The van der Waals surface area contributed by atoms with Crippen molar-refractivity contribution in [3.63, 3.8) is 0 Å². The number of rotatable bonds is 14. The lowest BCUT2D eigenvalue weighted by molar-refractivity contribution is -0.137. The van der Waals surface area contributed by atoms with Crippen molar-refractivity contribution in [2.75, 3.05) is 20.3 Å². The second-order valence-electron chi connectivity index (χ2n) is 8.83. The van der Waals surface area contributed by atoms with Crippen LogP contribution in [0.5, 0.6) is 17.2 Å². The van der Waals surface area contributed by atoms with Gasteiger partial charge in [-0.25, -0.2) is 24.0 Å². The molecule has 0 saturated carbocycles. The van der Waals surface area contributed by atoms with Gasteiger partial charge in [0.15, 0.2) is 0 Å². The van der Waals surface area contributed by atoms with Crippen molar-refractivity contribution in [2.45, 2.75) is 25.7 Å². The van der Waals surface area contributed by atoms with E-state index in [9.17, 15) is 24.0 Å². The number of unbranched alkanes of at least 4 members (excludes halogenated alkanes) is 3. The van der Waals surface area contributed by atoms with Crippen molar-refractivity contribution in [3.05, 3.63) is 102 Å². The molecule has 3 rings (SSSR count). The van der Waals surface area contributed by atoms with E-state index < -0.39 is 30.0 Å². The summed E-state index contributed by atoms with van der Waals surface area (Å²) in [6.45, 7) is 3.82. The van der Waals surface area contributed by atoms with E-state index in [1.165, 1.54) is 79.9 Å². The molecule has 0 atom stereocenters. The highest BCUT2D eigenvalue weighted by Gasteiger charge is 2.14. The van der Waals surface area contributed by atoms with Crippen LogP contribution in [0, 0.1) is 0 Å². The predicted octanol–water partition coefficient (Wildman–Crippen LogP) is 5.72. The molecule has 0 aliphatic heterocycles. The summed E-state index contributed by atoms with van der Waals surface area (Å²) in [6.07, 6.45) is 3.18. The van der Waals surface area contributed by atoms with Crippen molar-refractivity contribution in [2.24, 2.45) is 0 Å². The third-order valence-electron chi connectivity index (χ3n) is 5.75. The molecule has 0 radical (unpaired) electrons. The first-order valence-corrected chi connectivity index (χ1v) is 13.3. The maximum atomic E-state index is 12.5. The van der Waals surface area contributed by atoms with Gasteiger partial charge in [0.2, 0.25) is 0 Å². The zero-order valence-electron chi connectivity index (χ0n) is 23.4. The maximum Gasteiger partial charge on any atom is 0.513 e. The van der Waals surface area contributed by atoms with Crippen LogP contribution in [0.3, 0.4) is 0 Å². The summed E-state index contributed by atoms with van der Waals surface area (Å²) in [5.74, 6) is -1.62. The number of esters is 4. The Bertz CT molecular complexity index is 1410. The van der Waals surface area contributed by atoms with E-state index in [1.807, 2.05) is 0 Å². The average Bonchev–Trinajstić information content (AvgIpc) is 3.02.